The van der Waals surface area contributed by atoms with Gasteiger partial charge in [-0.15, -0.1) is 0 Å². The monoisotopic (exact) mass is 414 g/mol. The van der Waals surface area contributed by atoms with E-state index in [-0.39, 0.29) is 24.8 Å². The largest absolute Gasteiger partial charge is 0.497 e. The summed E-state index contributed by atoms with van der Waals surface area (Å²) < 4.78 is 19.4. The summed E-state index contributed by atoms with van der Waals surface area (Å²) in [6, 6.07) is 12.9. The van der Waals surface area contributed by atoms with Gasteiger partial charge in [-0.05, 0) is 56.5 Å². The van der Waals surface area contributed by atoms with E-state index in [4.69, 9.17) is 4.74 Å². The van der Waals surface area contributed by atoms with Crippen molar-refractivity contribution in [2.75, 3.05) is 7.11 Å². The third-order valence-electron chi connectivity index (χ3n) is 4.67. The molecule has 1 atom stereocenters. The van der Waals surface area contributed by atoms with E-state index in [1.165, 1.54) is 11.0 Å². The number of carbonyl (C=O) groups excluding carboxylic acids is 2. The molecule has 2 rings (SSSR count). The fraction of sp³-hybridized carbons (Fsp3) is 0.417. The summed E-state index contributed by atoms with van der Waals surface area (Å²) in [5.41, 5.74) is 0.711. The summed E-state index contributed by atoms with van der Waals surface area (Å²) in [6.45, 7) is 7.77. The number of hydrogen-bond acceptors (Lipinski definition) is 3. The first-order chi connectivity index (χ1) is 14.1. The summed E-state index contributed by atoms with van der Waals surface area (Å²) in [4.78, 5) is 27.7. The van der Waals surface area contributed by atoms with Crippen molar-refractivity contribution < 1.29 is 18.7 Å². The number of carbonyl (C=O) groups is 2. The zero-order valence-electron chi connectivity index (χ0n) is 18.4. The van der Waals surface area contributed by atoms with E-state index in [1.54, 1.807) is 25.3 Å². The Morgan fingerprint density at radius 2 is 1.83 bits per heavy atom. The van der Waals surface area contributed by atoms with E-state index in [1.807, 2.05) is 52.0 Å². The van der Waals surface area contributed by atoms with Crippen molar-refractivity contribution in [1.82, 2.24) is 10.2 Å². The molecule has 0 aliphatic heterocycles. The molecule has 1 N–H and O–H groups in total. The Hall–Kier alpha value is -2.89. The Labute approximate surface area is 178 Å². The summed E-state index contributed by atoms with van der Waals surface area (Å²) in [6.07, 6.45) is 0.324. The van der Waals surface area contributed by atoms with Crippen molar-refractivity contribution in [3.8, 4) is 5.75 Å². The molecule has 0 spiro atoms. The standard InChI is InChI=1S/C24H31FN2O3/c1-6-21(23(29)26-24(2,3)4)27(16-17-10-9-12-19(14-17)30-5)22(28)15-18-11-7-8-13-20(18)25/h7-14,21H,6,15-16H2,1-5H3,(H,26,29)/t21-/m1/s1. The van der Waals surface area contributed by atoms with Crippen LogP contribution in [0.3, 0.4) is 0 Å². The average molecular weight is 415 g/mol. The lowest BCUT2D eigenvalue weighted by Gasteiger charge is -2.33. The van der Waals surface area contributed by atoms with Gasteiger partial charge in [0.25, 0.3) is 0 Å². The van der Waals surface area contributed by atoms with Gasteiger partial charge < -0.3 is 15.0 Å². The van der Waals surface area contributed by atoms with E-state index >= 15 is 0 Å². The predicted molar refractivity (Wildman–Crippen MR) is 116 cm³/mol. The second-order valence-electron chi connectivity index (χ2n) is 8.30. The minimum Gasteiger partial charge on any atom is -0.497 e. The van der Waals surface area contributed by atoms with Crippen LogP contribution in [0.4, 0.5) is 4.39 Å². The van der Waals surface area contributed by atoms with Gasteiger partial charge in [0.2, 0.25) is 11.8 Å². The normalized spacial score (nSPS) is 12.2. The number of amides is 2. The highest BCUT2D eigenvalue weighted by atomic mass is 19.1. The summed E-state index contributed by atoms with van der Waals surface area (Å²) in [5, 5.41) is 2.96. The number of benzene rings is 2. The average Bonchev–Trinajstić information content (AvgIpc) is 2.68. The predicted octanol–water partition coefficient (Wildman–Crippen LogP) is 4.10. The molecule has 0 aliphatic carbocycles. The van der Waals surface area contributed by atoms with E-state index in [9.17, 15) is 14.0 Å². The van der Waals surface area contributed by atoms with Gasteiger partial charge in [-0.25, -0.2) is 4.39 Å². The van der Waals surface area contributed by atoms with Crippen LogP contribution in [0.2, 0.25) is 0 Å². The van der Waals surface area contributed by atoms with Gasteiger partial charge in [-0.3, -0.25) is 9.59 Å². The van der Waals surface area contributed by atoms with Crippen LogP contribution in [0, 0.1) is 5.82 Å². The number of halogens is 1. The van der Waals surface area contributed by atoms with E-state index < -0.39 is 17.4 Å². The maximum atomic E-state index is 14.1. The van der Waals surface area contributed by atoms with Crippen molar-refractivity contribution in [3.63, 3.8) is 0 Å². The van der Waals surface area contributed by atoms with Crippen molar-refractivity contribution >= 4 is 11.8 Å². The molecule has 0 saturated carbocycles. The van der Waals surface area contributed by atoms with Crippen LogP contribution in [0.25, 0.3) is 0 Å². The maximum Gasteiger partial charge on any atom is 0.243 e. The Balaban J connectivity index is 2.35. The molecule has 0 aliphatic rings. The van der Waals surface area contributed by atoms with Gasteiger partial charge in [0.05, 0.1) is 13.5 Å². The lowest BCUT2D eigenvalue weighted by atomic mass is 10.0. The van der Waals surface area contributed by atoms with Gasteiger partial charge in [0.15, 0.2) is 0 Å². The number of ether oxygens (including phenoxy) is 1. The summed E-state index contributed by atoms with van der Waals surface area (Å²) >= 11 is 0. The van der Waals surface area contributed by atoms with Crippen LogP contribution in [0.5, 0.6) is 5.75 Å². The zero-order chi connectivity index (χ0) is 22.3. The number of hydrogen-bond donors (Lipinski definition) is 1. The van der Waals surface area contributed by atoms with Gasteiger partial charge in [-0.1, -0.05) is 37.3 Å². The molecule has 0 aromatic heterocycles. The van der Waals surface area contributed by atoms with Gasteiger partial charge in [0, 0.05) is 12.1 Å². The molecule has 2 aromatic carbocycles. The molecule has 30 heavy (non-hydrogen) atoms. The van der Waals surface area contributed by atoms with E-state index in [0.717, 1.165) is 5.56 Å². The molecule has 162 valence electrons. The molecule has 2 aromatic rings. The molecule has 0 fully saturated rings. The molecule has 6 heteroatoms. The van der Waals surface area contributed by atoms with Crippen LogP contribution in [0.1, 0.15) is 45.2 Å². The van der Waals surface area contributed by atoms with Crippen LogP contribution < -0.4 is 10.1 Å². The Kier molecular flexibility index (Phi) is 7.98. The Morgan fingerprint density at radius 3 is 2.43 bits per heavy atom. The van der Waals surface area contributed by atoms with E-state index in [2.05, 4.69) is 5.32 Å². The second kappa shape index (κ2) is 10.2. The molecule has 0 heterocycles. The highest BCUT2D eigenvalue weighted by Gasteiger charge is 2.31. The molecule has 0 bridgehead atoms. The summed E-state index contributed by atoms with van der Waals surface area (Å²) in [5.74, 6) is -0.297. The molecular formula is C24H31FN2O3. The van der Waals surface area contributed by atoms with Crippen molar-refractivity contribution in [3.05, 3.63) is 65.5 Å². The van der Waals surface area contributed by atoms with Crippen molar-refractivity contribution in [2.24, 2.45) is 0 Å². The molecular weight excluding hydrogens is 383 g/mol. The van der Waals surface area contributed by atoms with Gasteiger partial charge in [0.1, 0.15) is 17.6 Å². The van der Waals surface area contributed by atoms with E-state index in [0.29, 0.717) is 17.7 Å². The first kappa shape index (κ1) is 23.4. The molecule has 0 radical (unpaired) electrons. The number of methoxy groups -OCH3 is 1. The van der Waals surface area contributed by atoms with Gasteiger partial charge in [-0.2, -0.15) is 0 Å². The van der Waals surface area contributed by atoms with Crippen molar-refractivity contribution in [2.45, 2.75) is 58.7 Å². The maximum absolute atomic E-state index is 14.1. The highest BCUT2D eigenvalue weighted by molar-refractivity contribution is 5.88. The Bertz CT molecular complexity index is 877. The van der Waals surface area contributed by atoms with Crippen LogP contribution in [-0.2, 0) is 22.6 Å². The minimum atomic E-state index is -0.672. The number of nitrogens with one attached hydrogen (secondary N) is 1. The van der Waals surface area contributed by atoms with Gasteiger partial charge >= 0.3 is 0 Å². The minimum absolute atomic E-state index is 0.115. The smallest absolute Gasteiger partial charge is 0.243 e. The fourth-order valence-corrected chi connectivity index (χ4v) is 3.25. The third kappa shape index (κ3) is 6.58. The Morgan fingerprint density at radius 1 is 1.13 bits per heavy atom. The lowest BCUT2D eigenvalue weighted by Crippen LogP contribution is -2.53. The number of nitrogens with zero attached hydrogens (tertiary/aromatic N) is 1. The van der Waals surface area contributed by atoms with Crippen LogP contribution in [-0.4, -0.2) is 35.4 Å². The quantitative estimate of drug-likeness (QED) is 0.708. The SMILES string of the molecule is CC[C@H](C(=O)NC(C)(C)C)N(Cc1cccc(OC)c1)C(=O)Cc1ccccc1F. The van der Waals surface area contributed by atoms with Crippen LogP contribution in [0.15, 0.2) is 48.5 Å². The first-order valence-corrected chi connectivity index (χ1v) is 10.1. The molecule has 0 unspecified atom stereocenters. The lowest BCUT2D eigenvalue weighted by molar-refractivity contribution is -0.141. The highest BCUT2D eigenvalue weighted by Crippen LogP contribution is 2.19. The zero-order valence-corrected chi connectivity index (χ0v) is 18.4. The molecule has 5 nitrogen and oxygen atoms in total. The third-order valence-corrected chi connectivity index (χ3v) is 4.67. The fourth-order valence-electron chi connectivity index (χ4n) is 3.25. The van der Waals surface area contributed by atoms with Crippen molar-refractivity contribution in [1.29, 1.82) is 0 Å². The summed E-state index contributed by atoms with van der Waals surface area (Å²) in [7, 11) is 1.58. The second-order valence-corrected chi connectivity index (χ2v) is 8.30. The topological polar surface area (TPSA) is 58.6 Å². The van der Waals surface area contributed by atoms with Crippen LogP contribution >= 0.6 is 0 Å². The first-order valence-electron chi connectivity index (χ1n) is 10.1. The number of rotatable bonds is 8. The molecule has 2 amide bonds. The molecule has 0 saturated heterocycles.